The SMILES string of the molecule is CC(C)(C)OC(=O)NCC1(Cc2ccc(F)cc2)CCCC1O. The van der Waals surface area contributed by atoms with E-state index in [9.17, 15) is 14.3 Å². The van der Waals surface area contributed by atoms with Gasteiger partial charge in [0.15, 0.2) is 0 Å². The maximum absolute atomic E-state index is 13.1. The first-order chi connectivity index (χ1) is 10.7. The standard InChI is InChI=1S/C18H26FNO3/c1-17(2,3)23-16(22)20-12-18(10-4-5-15(18)21)11-13-6-8-14(19)9-7-13/h6-9,15,21H,4-5,10-12H2,1-3H3,(H,20,22). The van der Waals surface area contributed by atoms with Crippen molar-refractivity contribution in [3.05, 3.63) is 35.6 Å². The summed E-state index contributed by atoms with van der Waals surface area (Å²) >= 11 is 0. The van der Waals surface area contributed by atoms with Crippen LogP contribution in [0.15, 0.2) is 24.3 Å². The predicted molar refractivity (Wildman–Crippen MR) is 86.6 cm³/mol. The first kappa shape index (κ1) is 17.7. The van der Waals surface area contributed by atoms with Gasteiger partial charge in [-0.25, -0.2) is 9.18 Å². The highest BCUT2D eigenvalue weighted by molar-refractivity contribution is 5.67. The minimum absolute atomic E-state index is 0.276. The molecule has 0 heterocycles. The number of nitrogens with one attached hydrogen (secondary N) is 1. The fourth-order valence-corrected chi connectivity index (χ4v) is 3.17. The average Bonchev–Trinajstić information content (AvgIpc) is 2.79. The summed E-state index contributed by atoms with van der Waals surface area (Å²) in [6.07, 6.45) is 2.10. The topological polar surface area (TPSA) is 58.6 Å². The van der Waals surface area contributed by atoms with E-state index in [0.29, 0.717) is 13.0 Å². The Kier molecular flexibility index (Phi) is 5.30. The van der Waals surface area contributed by atoms with Gasteiger partial charge in [-0.2, -0.15) is 0 Å². The summed E-state index contributed by atoms with van der Waals surface area (Å²) < 4.78 is 18.3. The van der Waals surface area contributed by atoms with E-state index in [1.54, 1.807) is 12.1 Å². The van der Waals surface area contributed by atoms with Crippen LogP contribution in [0.2, 0.25) is 0 Å². The maximum Gasteiger partial charge on any atom is 0.407 e. The Morgan fingerprint density at radius 1 is 1.39 bits per heavy atom. The van der Waals surface area contributed by atoms with E-state index < -0.39 is 23.2 Å². The summed E-state index contributed by atoms with van der Waals surface area (Å²) in [7, 11) is 0. The molecule has 1 amide bonds. The number of aliphatic hydroxyl groups is 1. The molecule has 2 rings (SSSR count). The second-order valence-corrected chi connectivity index (χ2v) is 7.43. The van der Waals surface area contributed by atoms with Gasteiger partial charge in [0.2, 0.25) is 0 Å². The third-order valence-corrected chi connectivity index (χ3v) is 4.31. The summed E-state index contributed by atoms with van der Waals surface area (Å²) in [6, 6.07) is 6.31. The summed E-state index contributed by atoms with van der Waals surface area (Å²) in [5, 5.41) is 13.2. The van der Waals surface area contributed by atoms with Gasteiger partial charge in [-0.3, -0.25) is 0 Å². The van der Waals surface area contributed by atoms with Gasteiger partial charge >= 0.3 is 6.09 Å². The van der Waals surface area contributed by atoms with E-state index in [-0.39, 0.29) is 5.82 Å². The van der Waals surface area contributed by atoms with Gasteiger partial charge in [-0.15, -0.1) is 0 Å². The van der Waals surface area contributed by atoms with Crippen molar-refractivity contribution < 1.29 is 19.0 Å². The molecule has 0 bridgehead atoms. The van der Waals surface area contributed by atoms with Gasteiger partial charge in [-0.05, 0) is 57.7 Å². The first-order valence-electron chi connectivity index (χ1n) is 8.10. The molecule has 1 aromatic carbocycles. The van der Waals surface area contributed by atoms with Gasteiger partial charge in [-0.1, -0.05) is 18.6 Å². The fraction of sp³-hybridized carbons (Fsp3) is 0.611. The lowest BCUT2D eigenvalue weighted by Crippen LogP contribution is -2.45. The zero-order chi connectivity index (χ0) is 17.1. The normalized spacial score (nSPS) is 24.5. The molecule has 1 aromatic rings. The van der Waals surface area contributed by atoms with Crippen molar-refractivity contribution in [2.45, 2.75) is 58.2 Å². The average molecular weight is 323 g/mol. The molecule has 0 spiro atoms. The number of halogens is 1. The Bertz CT molecular complexity index is 538. The molecule has 0 aliphatic heterocycles. The molecule has 2 N–H and O–H groups in total. The molecule has 1 saturated carbocycles. The van der Waals surface area contributed by atoms with Crippen molar-refractivity contribution in [3.8, 4) is 0 Å². The number of alkyl carbamates (subject to hydrolysis) is 1. The van der Waals surface area contributed by atoms with Crippen LogP contribution in [0.5, 0.6) is 0 Å². The minimum atomic E-state index is -0.553. The van der Waals surface area contributed by atoms with Gasteiger partial charge in [0.05, 0.1) is 6.10 Å². The molecule has 1 fully saturated rings. The molecule has 2 atom stereocenters. The predicted octanol–water partition coefficient (Wildman–Crippen LogP) is 3.42. The molecule has 128 valence electrons. The number of carbonyl (C=O) groups excluding carboxylic acids is 1. The number of ether oxygens (including phenoxy) is 1. The van der Waals surface area contributed by atoms with Crippen LogP contribution in [0.3, 0.4) is 0 Å². The largest absolute Gasteiger partial charge is 0.444 e. The molecule has 1 aliphatic rings. The second-order valence-electron chi connectivity index (χ2n) is 7.43. The fourth-order valence-electron chi connectivity index (χ4n) is 3.17. The number of amides is 1. The number of carbonyl (C=O) groups is 1. The zero-order valence-electron chi connectivity index (χ0n) is 14.1. The highest BCUT2D eigenvalue weighted by Gasteiger charge is 2.42. The van der Waals surface area contributed by atoms with E-state index in [0.717, 1.165) is 24.8 Å². The molecule has 0 radical (unpaired) electrons. The Hall–Kier alpha value is -1.62. The Labute approximate surface area is 137 Å². The van der Waals surface area contributed by atoms with Crippen molar-refractivity contribution in [2.24, 2.45) is 5.41 Å². The van der Waals surface area contributed by atoms with E-state index in [4.69, 9.17) is 4.74 Å². The summed E-state index contributed by atoms with van der Waals surface area (Å²) in [4.78, 5) is 11.9. The molecular weight excluding hydrogens is 297 g/mol. The van der Waals surface area contributed by atoms with Crippen molar-refractivity contribution in [2.75, 3.05) is 6.54 Å². The number of rotatable bonds is 4. The number of aliphatic hydroxyl groups excluding tert-OH is 1. The molecule has 5 heteroatoms. The Morgan fingerprint density at radius 2 is 2.04 bits per heavy atom. The van der Waals surface area contributed by atoms with Crippen LogP contribution in [-0.4, -0.2) is 29.4 Å². The van der Waals surface area contributed by atoms with Crippen LogP contribution in [0.1, 0.15) is 45.6 Å². The lowest BCUT2D eigenvalue weighted by atomic mass is 9.78. The van der Waals surface area contributed by atoms with Crippen LogP contribution in [0.25, 0.3) is 0 Å². The molecule has 23 heavy (non-hydrogen) atoms. The zero-order valence-corrected chi connectivity index (χ0v) is 14.1. The van der Waals surface area contributed by atoms with Crippen LogP contribution < -0.4 is 5.32 Å². The van der Waals surface area contributed by atoms with Gasteiger partial charge in [0, 0.05) is 12.0 Å². The van der Waals surface area contributed by atoms with E-state index in [1.165, 1.54) is 12.1 Å². The van der Waals surface area contributed by atoms with E-state index in [2.05, 4.69) is 5.32 Å². The van der Waals surface area contributed by atoms with Crippen LogP contribution in [0, 0.1) is 11.2 Å². The molecular formula is C18H26FNO3. The lowest BCUT2D eigenvalue weighted by molar-refractivity contribution is 0.0336. The van der Waals surface area contributed by atoms with Crippen molar-refractivity contribution in [1.82, 2.24) is 5.32 Å². The highest BCUT2D eigenvalue weighted by atomic mass is 19.1. The third kappa shape index (κ3) is 4.93. The second kappa shape index (κ2) is 6.87. The van der Waals surface area contributed by atoms with Crippen molar-refractivity contribution in [3.63, 3.8) is 0 Å². The third-order valence-electron chi connectivity index (χ3n) is 4.31. The highest BCUT2D eigenvalue weighted by Crippen LogP contribution is 2.41. The summed E-state index contributed by atoms with van der Waals surface area (Å²) in [5.41, 5.74) is -0.0182. The van der Waals surface area contributed by atoms with Gasteiger partial charge in [0.25, 0.3) is 0 Å². The first-order valence-corrected chi connectivity index (χ1v) is 8.10. The molecule has 4 nitrogen and oxygen atoms in total. The van der Waals surface area contributed by atoms with Crippen molar-refractivity contribution >= 4 is 6.09 Å². The summed E-state index contributed by atoms with van der Waals surface area (Å²) in [6.45, 7) is 5.78. The maximum atomic E-state index is 13.1. The smallest absolute Gasteiger partial charge is 0.407 e. The molecule has 0 saturated heterocycles. The molecule has 0 aromatic heterocycles. The van der Waals surface area contributed by atoms with Crippen molar-refractivity contribution in [1.29, 1.82) is 0 Å². The molecule has 2 unspecified atom stereocenters. The van der Waals surface area contributed by atoms with Crippen LogP contribution in [0.4, 0.5) is 9.18 Å². The Morgan fingerprint density at radius 3 is 2.57 bits per heavy atom. The van der Waals surface area contributed by atoms with Gasteiger partial charge in [0.1, 0.15) is 11.4 Å². The number of hydrogen-bond donors (Lipinski definition) is 2. The summed E-state index contributed by atoms with van der Waals surface area (Å²) in [5.74, 6) is -0.276. The molecule has 1 aliphatic carbocycles. The van der Waals surface area contributed by atoms with E-state index in [1.807, 2.05) is 20.8 Å². The quantitative estimate of drug-likeness (QED) is 0.892. The van der Waals surface area contributed by atoms with Crippen LogP contribution in [-0.2, 0) is 11.2 Å². The number of benzene rings is 1. The minimum Gasteiger partial charge on any atom is -0.444 e. The number of hydrogen-bond acceptors (Lipinski definition) is 3. The lowest BCUT2D eigenvalue weighted by Gasteiger charge is -2.33. The Balaban J connectivity index is 2.04. The van der Waals surface area contributed by atoms with Gasteiger partial charge < -0.3 is 15.2 Å². The van der Waals surface area contributed by atoms with E-state index >= 15 is 0 Å². The monoisotopic (exact) mass is 323 g/mol. The van der Waals surface area contributed by atoms with Crippen LogP contribution >= 0.6 is 0 Å².